The summed E-state index contributed by atoms with van der Waals surface area (Å²) in [6.07, 6.45) is 2.54. The second-order valence-electron chi connectivity index (χ2n) is 3.51. The van der Waals surface area contributed by atoms with E-state index in [9.17, 15) is 9.59 Å². The van der Waals surface area contributed by atoms with E-state index >= 15 is 0 Å². The van der Waals surface area contributed by atoms with E-state index in [-0.39, 0.29) is 12.5 Å². The molecular formula is C9H11NO5. The predicted octanol–water partition coefficient (Wildman–Crippen LogP) is -0.396. The Bertz CT molecular complexity index is 339. The van der Waals surface area contributed by atoms with Gasteiger partial charge in [-0.25, -0.2) is 9.78 Å². The van der Waals surface area contributed by atoms with E-state index in [4.69, 9.17) is 9.78 Å². The SMILES string of the molecule is COC(=O)CN1C(=O)C2C=CC1(C)OO2. The van der Waals surface area contributed by atoms with Gasteiger partial charge in [0.15, 0.2) is 11.8 Å². The maximum absolute atomic E-state index is 11.7. The lowest BCUT2D eigenvalue weighted by Gasteiger charge is -2.45. The van der Waals surface area contributed by atoms with Gasteiger partial charge in [-0.2, -0.15) is 0 Å². The van der Waals surface area contributed by atoms with Gasteiger partial charge in [0.1, 0.15) is 6.54 Å². The summed E-state index contributed by atoms with van der Waals surface area (Å²) in [6, 6.07) is 0. The lowest BCUT2D eigenvalue weighted by atomic mass is 10.0. The monoisotopic (exact) mass is 213 g/mol. The fourth-order valence-electron chi connectivity index (χ4n) is 1.53. The molecule has 0 N–H and O–H groups in total. The van der Waals surface area contributed by atoms with Gasteiger partial charge >= 0.3 is 5.97 Å². The Balaban J connectivity index is 2.21. The number of rotatable bonds is 2. The van der Waals surface area contributed by atoms with E-state index in [1.54, 1.807) is 19.1 Å². The van der Waals surface area contributed by atoms with Crippen LogP contribution in [0.25, 0.3) is 0 Å². The van der Waals surface area contributed by atoms with E-state index in [0.717, 1.165) is 0 Å². The van der Waals surface area contributed by atoms with Crippen molar-refractivity contribution in [3.05, 3.63) is 12.2 Å². The molecule has 2 unspecified atom stereocenters. The minimum atomic E-state index is -1.01. The molecule has 0 spiro atoms. The van der Waals surface area contributed by atoms with Crippen LogP contribution >= 0.6 is 0 Å². The summed E-state index contributed by atoms with van der Waals surface area (Å²) in [6.45, 7) is 1.50. The molecule has 2 atom stereocenters. The average Bonchev–Trinajstić information content (AvgIpc) is 2.23. The van der Waals surface area contributed by atoms with Crippen LogP contribution in [0.1, 0.15) is 6.92 Å². The van der Waals surface area contributed by atoms with Gasteiger partial charge in [-0.3, -0.25) is 14.5 Å². The lowest BCUT2D eigenvalue weighted by molar-refractivity contribution is -0.409. The average molecular weight is 213 g/mol. The van der Waals surface area contributed by atoms with Gasteiger partial charge in [0.05, 0.1) is 7.11 Å². The highest BCUT2D eigenvalue weighted by atomic mass is 17.2. The van der Waals surface area contributed by atoms with Crippen LogP contribution in [0.4, 0.5) is 0 Å². The van der Waals surface area contributed by atoms with Crippen LogP contribution in [0.5, 0.6) is 0 Å². The van der Waals surface area contributed by atoms with Gasteiger partial charge in [-0.05, 0) is 19.1 Å². The molecule has 1 saturated heterocycles. The zero-order valence-electron chi connectivity index (χ0n) is 8.43. The van der Waals surface area contributed by atoms with Crippen molar-refractivity contribution in [2.75, 3.05) is 13.7 Å². The summed E-state index contributed by atoms with van der Waals surface area (Å²) in [5.41, 5.74) is -1.01. The zero-order chi connectivity index (χ0) is 11.1. The van der Waals surface area contributed by atoms with Crippen molar-refractivity contribution < 1.29 is 24.1 Å². The molecule has 0 aliphatic carbocycles. The number of carbonyl (C=O) groups excluding carboxylic acids is 2. The molecule has 6 nitrogen and oxygen atoms in total. The Morgan fingerprint density at radius 2 is 2.47 bits per heavy atom. The molecule has 3 aliphatic heterocycles. The number of nitrogens with zero attached hydrogens (tertiary/aromatic N) is 1. The smallest absolute Gasteiger partial charge is 0.325 e. The van der Waals surface area contributed by atoms with Crippen molar-refractivity contribution in [3.8, 4) is 0 Å². The summed E-state index contributed by atoms with van der Waals surface area (Å²) >= 11 is 0. The standard InChI is InChI=1S/C9H11NO5/c1-9-4-3-6(14-15-9)8(12)10(9)5-7(11)13-2/h3-4,6H,5H2,1-2H3. The Morgan fingerprint density at radius 3 is 2.93 bits per heavy atom. The van der Waals surface area contributed by atoms with Gasteiger partial charge in [-0.1, -0.05) is 0 Å². The molecule has 6 heteroatoms. The molecule has 0 aromatic rings. The molecular weight excluding hydrogens is 202 g/mol. The van der Waals surface area contributed by atoms with E-state index < -0.39 is 17.8 Å². The van der Waals surface area contributed by atoms with Crippen molar-refractivity contribution in [3.63, 3.8) is 0 Å². The van der Waals surface area contributed by atoms with Gasteiger partial charge < -0.3 is 4.74 Å². The van der Waals surface area contributed by atoms with Crippen molar-refractivity contribution >= 4 is 11.9 Å². The molecule has 3 rings (SSSR count). The largest absolute Gasteiger partial charge is 0.468 e. The minimum Gasteiger partial charge on any atom is -0.468 e. The number of hydrogen-bond acceptors (Lipinski definition) is 5. The first-order valence-corrected chi connectivity index (χ1v) is 4.49. The molecule has 82 valence electrons. The molecule has 1 amide bonds. The normalized spacial score (nSPS) is 33.3. The van der Waals surface area contributed by atoms with Crippen LogP contribution < -0.4 is 0 Å². The van der Waals surface area contributed by atoms with E-state index in [0.29, 0.717) is 0 Å². The van der Waals surface area contributed by atoms with Crippen molar-refractivity contribution in [1.29, 1.82) is 0 Å². The molecule has 1 fully saturated rings. The molecule has 0 aromatic carbocycles. The van der Waals surface area contributed by atoms with Crippen LogP contribution in [0.3, 0.4) is 0 Å². The maximum Gasteiger partial charge on any atom is 0.325 e. The summed E-state index contributed by atoms with van der Waals surface area (Å²) in [5, 5.41) is 0. The summed E-state index contributed by atoms with van der Waals surface area (Å²) in [7, 11) is 1.27. The van der Waals surface area contributed by atoms with E-state index in [1.807, 2.05) is 0 Å². The number of fused-ring (bicyclic) bond motifs is 2. The van der Waals surface area contributed by atoms with Crippen molar-refractivity contribution in [1.82, 2.24) is 4.90 Å². The molecule has 0 saturated carbocycles. The first-order chi connectivity index (χ1) is 7.07. The van der Waals surface area contributed by atoms with Crippen molar-refractivity contribution in [2.24, 2.45) is 0 Å². The maximum atomic E-state index is 11.7. The first kappa shape index (κ1) is 10.1. The van der Waals surface area contributed by atoms with Crippen molar-refractivity contribution in [2.45, 2.75) is 18.8 Å². The summed E-state index contributed by atoms with van der Waals surface area (Å²) in [4.78, 5) is 33.9. The quantitative estimate of drug-likeness (QED) is 0.355. The Kier molecular flexibility index (Phi) is 2.24. The second kappa shape index (κ2) is 3.32. The van der Waals surface area contributed by atoms with E-state index in [1.165, 1.54) is 12.0 Å². The molecule has 0 aromatic heterocycles. The molecule has 0 radical (unpaired) electrons. The predicted molar refractivity (Wildman–Crippen MR) is 47.2 cm³/mol. The molecule has 3 aliphatic rings. The number of esters is 1. The van der Waals surface area contributed by atoms with Gasteiger partial charge in [-0.15, -0.1) is 0 Å². The van der Waals surface area contributed by atoms with Gasteiger partial charge in [0.25, 0.3) is 5.91 Å². The lowest BCUT2D eigenvalue weighted by Crippen LogP contribution is -2.62. The number of hydrogen-bond donors (Lipinski definition) is 0. The number of carbonyl (C=O) groups is 2. The fraction of sp³-hybridized carbons (Fsp3) is 0.556. The first-order valence-electron chi connectivity index (χ1n) is 4.49. The Hall–Kier alpha value is -1.40. The van der Waals surface area contributed by atoms with Crippen LogP contribution in [-0.4, -0.2) is 42.3 Å². The highest BCUT2D eigenvalue weighted by Gasteiger charge is 2.48. The number of amides is 1. The third kappa shape index (κ3) is 1.51. The fourth-order valence-corrected chi connectivity index (χ4v) is 1.53. The third-order valence-corrected chi connectivity index (χ3v) is 2.46. The van der Waals surface area contributed by atoms with Crippen LogP contribution in [0.2, 0.25) is 0 Å². The van der Waals surface area contributed by atoms with Crippen LogP contribution in [0, 0.1) is 0 Å². The topological polar surface area (TPSA) is 65.1 Å². The molecule has 3 heterocycles. The molecule has 15 heavy (non-hydrogen) atoms. The Labute approximate surface area is 86.3 Å². The highest BCUT2D eigenvalue weighted by molar-refractivity contribution is 5.88. The summed E-state index contributed by atoms with van der Waals surface area (Å²) < 4.78 is 4.50. The van der Waals surface area contributed by atoms with Crippen LogP contribution in [-0.2, 0) is 24.1 Å². The van der Waals surface area contributed by atoms with E-state index in [2.05, 4.69) is 4.74 Å². The van der Waals surface area contributed by atoms with Crippen LogP contribution in [0.15, 0.2) is 12.2 Å². The number of ether oxygens (including phenoxy) is 1. The second-order valence-corrected chi connectivity index (χ2v) is 3.51. The Morgan fingerprint density at radius 1 is 1.73 bits per heavy atom. The summed E-state index contributed by atoms with van der Waals surface area (Å²) in [5.74, 6) is -0.786. The van der Waals surface area contributed by atoms with Gasteiger partial charge in [0, 0.05) is 0 Å². The zero-order valence-corrected chi connectivity index (χ0v) is 8.43. The van der Waals surface area contributed by atoms with Gasteiger partial charge in [0.2, 0.25) is 0 Å². The minimum absolute atomic E-state index is 0.143. The highest BCUT2D eigenvalue weighted by Crippen LogP contribution is 2.31. The molecule has 2 bridgehead atoms. The number of methoxy groups -OCH3 is 1. The third-order valence-electron chi connectivity index (χ3n) is 2.46.